The molecule has 20 aromatic rings. The second-order valence-electron chi connectivity index (χ2n) is 32.3. The van der Waals surface area contributed by atoms with E-state index in [4.69, 9.17) is 39.1 Å². The molecule has 0 radical (unpaired) electrons. The summed E-state index contributed by atoms with van der Waals surface area (Å²) in [6.45, 7) is 17.4. The van der Waals surface area contributed by atoms with Gasteiger partial charge in [-0.05, 0) is 143 Å². The number of aryl methyl sites for hydroxylation is 4. The number of aromatic nitrogens is 21. The smallest absolute Gasteiger partial charge is 0.411 e. The number of para-hydroxylation sites is 1. The molecule has 4 aliphatic heterocycles. The van der Waals surface area contributed by atoms with Gasteiger partial charge in [-0.2, -0.15) is 35.7 Å². The monoisotopic (exact) mass is 1870 g/mol. The average Bonchev–Trinajstić information content (AvgIpc) is 1.62. The van der Waals surface area contributed by atoms with Crippen molar-refractivity contribution >= 4 is 109 Å². The predicted molar refractivity (Wildman–Crippen MR) is 534 cm³/mol. The number of thiazole rings is 4. The van der Waals surface area contributed by atoms with Crippen LogP contribution in [0, 0.1) is 27.7 Å². The van der Waals surface area contributed by atoms with E-state index in [9.17, 15) is 4.79 Å². The highest BCUT2D eigenvalue weighted by atomic mass is 32.1. The Morgan fingerprint density at radius 2 is 0.912 bits per heavy atom. The second-order valence-corrected chi connectivity index (χ2v) is 36.3. The van der Waals surface area contributed by atoms with Crippen LogP contribution in [-0.2, 0) is 29.2 Å². The Balaban J connectivity index is 0.000000109. The fourth-order valence-corrected chi connectivity index (χ4v) is 21.3. The van der Waals surface area contributed by atoms with E-state index < -0.39 is 6.09 Å². The van der Waals surface area contributed by atoms with E-state index in [1.165, 1.54) is 43.3 Å². The highest BCUT2D eigenvalue weighted by Crippen LogP contribution is 2.46. The van der Waals surface area contributed by atoms with Gasteiger partial charge in [0.05, 0.1) is 148 Å². The molecular formula is C100H88N28O4S4. The number of piperidine rings is 1. The number of amidine groups is 2. The highest BCUT2D eigenvalue weighted by molar-refractivity contribution is 7.19. The summed E-state index contributed by atoms with van der Waals surface area (Å²) >= 11 is 6.34. The van der Waals surface area contributed by atoms with Crippen LogP contribution in [0.4, 0.5) is 16.3 Å². The van der Waals surface area contributed by atoms with Gasteiger partial charge in [-0.1, -0.05) is 109 Å². The van der Waals surface area contributed by atoms with Crippen molar-refractivity contribution in [1.29, 1.82) is 0 Å². The molecule has 32 nitrogen and oxygen atoms in total. The zero-order valence-electron chi connectivity index (χ0n) is 74.4. The van der Waals surface area contributed by atoms with Crippen LogP contribution >= 0.6 is 45.3 Å². The lowest BCUT2D eigenvalue weighted by Gasteiger charge is -2.27. The first kappa shape index (κ1) is 87.0. The molecule has 1 amide bonds. The quantitative estimate of drug-likeness (QED) is 0.0567. The number of ether oxygens (including phenoxy) is 3. The van der Waals surface area contributed by atoms with E-state index in [2.05, 4.69) is 140 Å². The molecule has 3 N–H and O–H groups in total. The summed E-state index contributed by atoms with van der Waals surface area (Å²) in [5.41, 5.74) is 21.7. The number of H-pyrrole nitrogens is 2. The van der Waals surface area contributed by atoms with Crippen LogP contribution in [0.5, 0.6) is 5.75 Å². The zero-order valence-corrected chi connectivity index (χ0v) is 77.6. The van der Waals surface area contributed by atoms with Gasteiger partial charge in [0, 0.05) is 110 Å². The molecule has 0 aliphatic carbocycles. The number of morpholine rings is 1. The van der Waals surface area contributed by atoms with Crippen LogP contribution in [0.25, 0.3) is 131 Å². The molecule has 36 heteroatoms. The van der Waals surface area contributed by atoms with Crippen LogP contribution in [0.3, 0.4) is 0 Å². The first-order chi connectivity index (χ1) is 67.0. The van der Waals surface area contributed by atoms with E-state index in [1.54, 1.807) is 34.0 Å². The summed E-state index contributed by atoms with van der Waals surface area (Å²) in [6, 6.07) is 63.6. The van der Waals surface area contributed by atoms with Crippen LogP contribution in [0.1, 0.15) is 62.9 Å². The number of carbonyl (C=O) groups is 1. The third-order valence-corrected chi connectivity index (χ3v) is 27.6. The SMILES string of the molecule is Cc1nn2ccccc2c1-c1nc(-c2ccc(N3CCCCC3)nc2)c(-c2ncn[nH]2)s1.Cc1nn2ccccc2c1-c1nc(-c2ccc(NC(=O)OCc3ccccc3)cc2)c(-c2ncn[nH]2)s1.Cc1nn2ccccc2c1-c1nc(-c2ccccc2OCc2ccccc2)c(C2=NCC=N2)s1.Cc1nn2ccccc2c1-c1nc(-c2cnn(CCN3CCOCC3)c2)c(C2=NCC=N2)s1. The van der Waals surface area contributed by atoms with Crippen molar-refractivity contribution in [3.63, 3.8) is 0 Å². The van der Waals surface area contributed by atoms with Gasteiger partial charge < -0.3 is 19.1 Å². The minimum absolute atomic E-state index is 0.204. The number of fused-ring (bicyclic) bond motifs is 4. The fraction of sp³-hybridized carbons (Fsp3) is 0.190. The van der Waals surface area contributed by atoms with Crippen molar-refractivity contribution in [2.75, 3.05) is 69.2 Å². The lowest BCUT2D eigenvalue weighted by molar-refractivity contribution is 0.0360. The number of pyridine rings is 5. The summed E-state index contributed by atoms with van der Waals surface area (Å²) in [6.07, 6.45) is 23.6. The molecule has 676 valence electrons. The molecule has 0 spiro atoms. The Labute approximate surface area is 795 Å². The van der Waals surface area contributed by atoms with Crippen LogP contribution in [-0.4, -0.2) is 198 Å². The summed E-state index contributed by atoms with van der Waals surface area (Å²) in [5.74, 6) is 4.61. The fourth-order valence-electron chi connectivity index (χ4n) is 16.7. The van der Waals surface area contributed by atoms with Crippen molar-refractivity contribution < 1.29 is 19.0 Å². The van der Waals surface area contributed by atoms with Crippen LogP contribution in [0.15, 0.2) is 270 Å². The Morgan fingerprint density at radius 1 is 0.449 bits per heavy atom. The van der Waals surface area contributed by atoms with E-state index in [-0.39, 0.29) is 6.61 Å². The van der Waals surface area contributed by atoms with E-state index in [0.717, 1.165) is 233 Å². The van der Waals surface area contributed by atoms with Gasteiger partial charge in [0.15, 0.2) is 23.3 Å². The molecule has 4 aromatic carbocycles. The number of anilines is 2. The molecule has 0 unspecified atom stereocenters. The van der Waals surface area contributed by atoms with Gasteiger partial charge in [0.1, 0.15) is 57.5 Å². The molecule has 2 saturated heterocycles. The molecule has 24 rings (SSSR count). The molecule has 0 saturated carbocycles. The Hall–Kier alpha value is -15.7. The maximum absolute atomic E-state index is 12.3. The molecule has 16 aromatic heterocycles. The van der Waals surface area contributed by atoms with Crippen molar-refractivity contribution in [2.24, 2.45) is 20.0 Å². The number of amides is 1. The highest BCUT2D eigenvalue weighted by Gasteiger charge is 2.30. The molecule has 2 fully saturated rings. The van der Waals surface area contributed by atoms with E-state index in [0.29, 0.717) is 42.9 Å². The summed E-state index contributed by atoms with van der Waals surface area (Å²) in [4.78, 5) is 72.7. The first-order valence-corrected chi connectivity index (χ1v) is 47.8. The Bertz CT molecular complexity index is 7760. The maximum atomic E-state index is 12.3. The Morgan fingerprint density at radius 3 is 1.40 bits per heavy atom. The number of benzene rings is 4. The van der Waals surface area contributed by atoms with Gasteiger partial charge in [-0.3, -0.25) is 35.1 Å². The van der Waals surface area contributed by atoms with Crippen molar-refractivity contribution in [3.05, 3.63) is 294 Å². The number of hydrogen-bond donors (Lipinski definition) is 3. The average molecular weight is 1870 g/mol. The number of carbonyl (C=O) groups excluding carboxylic acids is 1. The first-order valence-electron chi connectivity index (χ1n) is 44.5. The van der Waals surface area contributed by atoms with Gasteiger partial charge >= 0.3 is 6.09 Å². The van der Waals surface area contributed by atoms with Crippen molar-refractivity contribution in [2.45, 2.75) is 66.7 Å². The topological polar surface area (TPSA) is 347 Å². The van der Waals surface area contributed by atoms with Gasteiger partial charge in [-0.25, -0.2) is 67.7 Å². The third-order valence-electron chi connectivity index (χ3n) is 23.3. The van der Waals surface area contributed by atoms with Gasteiger partial charge in [-0.15, -0.1) is 45.3 Å². The molecule has 0 atom stereocenters. The van der Waals surface area contributed by atoms with Gasteiger partial charge in [0.25, 0.3) is 0 Å². The molecule has 136 heavy (non-hydrogen) atoms. The largest absolute Gasteiger partial charge is 0.488 e. The predicted octanol–water partition coefficient (Wildman–Crippen LogP) is 19.2. The lowest BCUT2D eigenvalue weighted by Crippen LogP contribution is -2.38. The van der Waals surface area contributed by atoms with Gasteiger partial charge in [0.2, 0.25) is 0 Å². The molecule has 20 heterocycles. The number of rotatable bonds is 22. The summed E-state index contributed by atoms with van der Waals surface area (Å²) < 4.78 is 26.6. The number of nitrogens with one attached hydrogen (secondary N) is 3. The minimum atomic E-state index is -0.515. The normalized spacial score (nSPS) is 13.7. The molecule has 0 bridgehead atoms. The second kappa shape index (κ2) is 39.6. The third kappa shape index (κ3) is 18.7. The Kier molecular flexibility index (Phi) is 25.3. The maximum Gasteiger partial charge on any atom is 0.411 e. The number of aromatic amines is 2. The van der Waals surface area contributed by atoms with E-state index in [1.807, 2.05) is 252 Å². The van der Waals surface area contributed by atoms with E-state index >= 15 is 0 Å². The van der Waals surface area contributed by atoms with Crippen molar-refractivity contribution in [1.82, 2.24) is 108 Å². The lowest BCUT2D eigenvalue weighted by atomic mass is 10.1. The molecule has 4 aliphatic rings. The number of nitrogens with zero attached hydrogens (tertiary/aromatic N) is 25. The molecular weight excluding hydrogens is 1790 g/mol. The van der Waals surface area contributed by atoms with Crippen molar-refractivity contribution in [3.8, 4) is 114 Å². The standard InChI is InChI=1S/C27H21N7O2S.C27H21N5OS.C23H24N8OS.C23H22N8S/c1-17-22(21-9-5-6-14-34(21)33-17)26-31-23(24(37-26)25-28-16-29-32-25)19-10-12-20(13-11-19)30-27(35)36-15-18-7-3-2-4-8-18;1-18-23(21-12-7-8-16-32(21)31-18)27-30-24(25(34-27)26-28-14-15-29-26)20-11-5-6-13-22(20)33-17-19-9-3-2-4-10-19;1-16-19(18-4-2-3-7-31(18)28-16)23-27-20(21(33-23)22-24-5-6-25-22)17-14-26-30(15-17)9-8-29-10-12-32-13-11-29;1-15-19(17-7-3-6-12-31(17)29-15)23-27-20(21(32-23)22-25-14-26-28-22)16-8-9-18(24-13-16)30-10-4-2-5-11-30/h2-14,16H,15H2,1H3,(H,30,35)(H,28,29,32);2-14,16H,15,17H2,1H3;2-5,7,14-15H,6,8-13H2,1H3;3,6-9,12-14H,2,4-5,10-11H2,1H3,(H,25,26,28). The van der Waals surface area contributed by atoms with Crippen LogP contribution < -0.4 is 15.0 Å². The minimum Gasteiger partial charge on any atom is -0.488 e. The summed E-state index contributed by atoms with van der Waals surface area (Å²) in [7, 11) is 0. The van der Waals surface area contributed by atoms with Crippen LogP contribution in [0.2, 0.25) is 0 Å². The number of hydrogen-bond acceptors (Lipinski definition) is 28. The number of aliphatic imine (C=N–C) groups is 4. The summed E-state index contributed by atoms with van der Waals surface area (Å²) in [5, 5.41) is 43.6. The zero-order chi connectivity index (χ0) is 91.8.